The van der Waals surface area contributed by atoms with Crippen LogP contribution in [-0.2, 0) is 9.53 Å². The van der Waals surface area contributed by atoms with Gasteiger partial charge >= 0.3 is 0 Å². The van der Waals surface area contributed by atoms with Crippen LogP contribution in [0.5, 0.6) is 0 Å². The van der Waals surface area contributed by atoms with Gasteiger partial charge in [0.2, 0.25) is 5.91 Å². The van der Waals surface area contributed by atoms with E-state index in [0.29, 0.717) is 25.0 Å². The summed E-state index contributed by atoms with van der Waals surface area (Å²) >= 11 is 0. The predicted octanol–water partition coefficient (Wildman–Crippen LogP) is 1.42. The van der Waals surface area contributed by atoms with Gasteiger partial charge in [0.15, 0.2) is 0 Å². The number of carbonyl (C=O) groups is 1. The van der Waals surface area contributed by atoms with Gasteiger partial charge in [-0.3, -0.25) is 4.79 Å². The number of amides is 1. The Morgan fingerprint density at radius 1 is 1.47 bits per heavy atom. The van der Waals surface area contributed by atoms with E-state index in [0.717, 1.165) is 19.4 Å². The zero-order valence-electron chi connectivity index (χ0n) is 11.2. The summed E-state index contributed by atoms with van der Waals surface area (Å²) in [6.45, 7) is 7.21. The molecule has 1 aliphatic carbocycles. The van der Waals surface area contributed by atoms with Gasteiger partial charge in [-0.05, 0) is 39.5 Å². The Bertz CT molecular complexity index is 237. The molecule has 1 aliphatic rings. The van der Waals surface area contributed by atoms with Crippen molar-refractivity contribution < 1.29 is 14.6 Å². The number of rotatable bonds is 7. The van der Waals surface area contributed by atoms with Crippen molar-refractivity contribution >= 4 is 5.91 Å². The van der Waals surface area contributed by atoms with Gasteiger partial charge in [-0.2, -0.15) is 0 Å². The van der Waals surface area contributed by atoms with Crippen molar-refractivity contribution in [2.24, 2.45) is 5.92 Å². The highest BCUT2D eigenvalue weighted by molar-refractivity contribution is 5.76. The normalized spacial score (nSPS) is 23.6. The fourth-order valence-corrected chi connectivity index (χ4v) is 2.36. The molecular formula is C13H25NO3. The highest BCUT2D eigenvalue weighted by Crippen LogP contribution is 2.33. The van der Waals surface area contributed by atoms with Gasteiger partial charge in [0.1, 0.15) is 0 Å². The van der Waals surface area contributed by atoms with Crippen molar-refractivity contribution in [2.45, 2.75) is 52.2 Å². The lowest BCUT2D eigenvalue weighted by Gasteiger charge is -2.36. The van der Waals surface area contributed by atoms with Crippen LogP contribution in [-0.4, -0.2) is 47.8 Å². The maximum Gasteiger partial charge on any atom is 0.223 e. The Morgan fingerprint density at radius 2 is 2.12 bits per heavy atom. The molecule has 0 saturated heterocycles. The molecule has 0 heterocycles. The maximum absolute atomic E-state index is 12.0. The van der Waals surface area contributed by atoms with Crippen LogP contribution in [0, 0.1) is 5.92 Å². The van der Waals surface area contributed by atoms with Crippen LogP contribution >= 0.6 is 0 Å². The molecule has 4 heteroatoms. The highest BCUT2D eigenvalue weighted by atomic mass is 16.5. The summed E-state index contributed by atoms with van der Waals surface area (Å²) in [5, 5.41) is 8.94. The molecule has 17 heavy (non-hydrogen) atoms. The van der Waals surface area contributed by atoms with Crippen molar-refractivity contribution in [3.8, 4) is 0 Å². The number of aliphatic hydroxyl groups is 1. The minimum atomic E-state index is 0.0379. The second-order valence-corrected chi connectivity index (χ2v) is 5.02. The van der Waals surface area contributed by atoms with Crippen LogP contribution in [0.15, 0.2) is 0 Å². The minimum Gasteiger partial charge on any atom is -0.395 e. The van der Waals surface area contributed by atoms with E-state index in [1.165, 1.54) is 0 Å². The molecule has 0 unspecified atom stereocenters. The fourth-order valence-electron chi connectivity index (χ4n) is 2.36. The summed E-state index contributed by atoms with van der Waals surface area (Å²) in [5.41, 5.74) is 0. The summed E-state index contributed by atoms with van der Waals surface area (Å²) in [7, 11) is 0. The molecule has 0 spiro atoms. The van der Waals surface area contributed by atoms with Crippen LogP contribution < -0.4 is 0 Å². The first-order chi connectivity index (χ1) is 8.08. The second-order valence-electron chi connectivity index (χ2n) is 5.02. The summed E-state index contributed by atoms with van der Waals surface area (Å²) in [4.78, 5) is 13.8. The number of nitrogens with zero attached hydrogens (tertiary/aromatic N) is 1. The average molecular weight is 243 g/mol. The van der Waals surface area contributed by atoms with Gasteiger partial charge < -0.3 is 14.7 Å². The van der Waals surface area contributed by atoms with E-state index < -0.39 is 0 Å². The molecular weight excluding hydrogens is 218 g/mol. The summed E-state index contributed by atoms with van der Waals surface area (Å²) in [6.07, 6.45) is 2.97. The third kappa shape index (κ3) is 4.28. The molecule has 0 aromatic heterocycles. The molecule has 0 atom stereocenters. The largest absolute Gasteiger partial charge is 0.395 e. The first kappa shape index (κ1) is 14.5. The second kappa shape index (κ2) is 6.97. The van der Waals surface area contributed by atoms with E-state index in [9.17, 15) is 4.79 Å². The Balaban J connectivity index is 2.29. The van der Waals surface area contributed by atoms with Crippen molar-refractivity contribution in [2.75, 3.05) is 19.8 Å². The van der Waals surface area contributed by atoms with Crippen LogP contribution in [0.2, 0.25) is 0 Å². The molecule has 0 radical (unpaired) electrons. The number of ether oxygens (including phenoxy) is 1. The lowest BCUT2D eigenvalue weighted by Crippen LogP contribution is -2.42. The van der Waals surface area contributed by atoms with Gasteiger partial charge in [-0.25, -0.2) is 0 Å². The van der Waals surface area contributed by atoms with E-state index in [1.54, 1.807) is 4.90 Å². The van der Waals surface area contributed by atoms with E-state index in [-0.39, 0.29) is 18.6 Å². The van der Waals surface area contributed by atoms with E-state index in [2.05, 4.69) is 0 Å². The van der Waals surface area contributed by atoms with Crippen LogP contribution in [0.4, 0.5) is 0 Å². The van der Waals surface area contributed by atoms with Crippen LogP contribution in [0.1, 0.15) is 40.0 Å². The molecule has 1 rings (SSSR count). The Hall–Kier alpha value is -0.610. The molecule has 1 saturated carbocycles. The predicted molar refractivity (Wildman–Crippen MR) is 66.7 cm³/mol. The van der Waals surface area contributed by atoms with Crippen LogP contribution in [0.3, 0.4) is 0 Å². The topological polar surface area (TPSA) is 49.8 Å². The monoisotopic (exact) mass is 243 g/mol. The molecule has 100 valence electrons. The molecule has 4 nitrogen and oxygen atoms in total. The van der Waals surface area contributed by atoms with Crippen molar-refractivity contribution in [1.82, 2.24) is 4.90 Å². The third-order valence-corrected chi connectivity index (χ3v) is 3.34. The van der Waals surface area contributed by atoms with E-state index in [1.807, 2.05) is 20.8 Å². The minimum absolute atomic E-state index is 0.0379. The SMILES string of the molecule is CCOC1CC(CC(=O)N(CCO)C(C)C)C1. The number of aliphatic hydroxyl groups excluding tert-OH is 1. The third-order valence-electron chi connectivity index (χ3n) is 3.34. The van der Waals surface area contributed by atoms with Gasteiger partial charge in [0.05, 0.1) is 12.7 Å². The molecule has 0 aromatic rings. The van der Waals surface area contributed by atoms with Gasteiger partial charge in [0, 0.05) is 25.6 Å². The average Bonchev–Trinajstić information content (AvgIpc) is 2.22. The standard InChI is InChI=1S/C13H25NO3/c1-4-17-12-7-11(8-12)9-13(16)14(5-6-15)10(2)3/h10-12,15H,4-9H2,1-3H3. The zero-order chi connectivity index (χ0) is 12.8. The number of hydrogen-bond acceptors (Lipinski definition) is 3. The summed E-state index contributed by atoms with van der Waals surface area (Å²) in [5.74, 6) is 0.632. The molecule has 1 amide bonds. The molecule has 1 N–H and O–H groups in total. The Morgan fingerprint density at radius 3 is 2.59 bits per heavy atom. The summed E-state index contributed by atoms with van der Waals surface area (Å²) < 4.78 is 5.48. The lowest BCUT2D eigenvalue weighted by molar-refractivity contribution is -0.136. The Labute approximate surface area is 104 Å². The number of hydrogen-bond donors (Lipinski definition) is 1. The van der Waals surface area contributed by atoms with E-state index in [4.69, 9.17) is 9.84 Å². The molecule has 1 fully saturated rings. The molecule has 0 bridgehead atoms. The lowest BCUT2D eigenvalue weighted by atomic mass is 9.79. The van der Waals surface area contributed by atoms with Crippen molar-refractivity contribution in [3.05, 3.63) is 0 Å². The first-order valence-electron chi connectivity index (χ1n) is 6.60. The van der Waals surface area contributed by atoms with Gasteiger partial charge in [-0.15, -0.1) is 0 Å². The fraction of sp³-hybridized carbons (Fsp3) is 0.923. The van der Waals surface area contributed by atoms with E-state index >= 15 is 0 Å². The van der Waals surface area contributed by atoms with Crippen LogP contribution in [0.25, 0.3) is 0 Å². The first-order valence-corrected chi connectivity index (χ1v) is 6.60. The summed E-state index contributed by atoms with van der Waals surface area (Å²) in [6, 6.07) is 0.164. The zero-order valence-corrected chi connectivity index (χ0v) is 11.2. The smallest absolute Gasteiger partial charge is 0.223 e. The quantitative estimate of drug-likeness (QED) is 0.735. The number of carbonyl (C=O) groups excluding carboxylic acids is 1. The van der Waals surface area contributed by atoms with Gasteiger partial charge in [0.25, 0.3) is 0 Å². The van der Waals surface area contributed by atoms with Crippen molar-refractivity contribution in [3.63, 3.8) is 0 Å². The van der Waals surface area contributed by atoms with Gasteiger partial charge in [-0.1, -0.05) is 0 Å². The maximum atomic E-state index is 12.0. The molecule has 0 aromatic carbocycles. The molecule has 0 aliphatic heterocycles. The highest BCUT2D eigenvalue weighted by Gasteiger charge is 2.32. The van der Waals surface area contributed by atoms with Crippen molar-refractivity contribution in [1.29, 1.82) is 0 Å². The Kier molecular flexibility index (Phi) is 5.92.